The fraction of sp³-hybridized carbons (Fsp3) is 0.500. The average molecular weight is 194 g/mol. The van der Waals surface area contributed by atoms with E-state index in [1.165, 1.54) is 0 Å². The van der Waals surface area contributed by atoms with Crippen LogP contribution < -0.4 is 10.0 Å². The maximum absolute atomic E-state index is 10.8. The highest BCUT2D eigenvalue weighted by atomic mass is 32.3. The summed E-state index contributed by atoms with van der Waals surface area (Å²) in [7, 11) is -2.98. The van der Waals surface area contributed by atoms with E-state index < -0.39 is 10.8 Å². The van der Waals surface area contributed by atoms with E-state index in [4.69, 9.17) is 9.11 Å². The molecule has 0 saturated heterocycles. The van der Waals surface area contributed by atoms with E-state index in [0.717, 1.165) is 5.41 Å². The quantitative estimate of drug-likeness (QED) is 0.514. The Kier molecular flexibility index (Phi) is 4.91. The van der Waals surface area contributed by atoms with Gasteiger partial charge in [-0.3, -0.25) is 13.9 Å². The molecular formula is C6H14N2O3S. The van der Waals surface area contributed by atoms with Gasteiger partial charge in [0.2, 0.25) is 5.91 Å². The summed E-state index contributed by atoms with van der Waals surface area (Å²) in [6.07, 6.45) is 0. The van der Waals surface area contributed by atoms with E-state index in [1.807, 2.05) is 0 Å². The highest BCUT2D eigenvalue weighted by molar-refractivity contribution is 8.25. The van der Waals surface area contributed by atoms with E-state index >= 15 is 0 Å². The Bertz CT molecular complexity index is 172. The van der Waals surface area contributed by atoms with Crippen molar-refractivity contribution in [3.63, 3.8) is 0 Å². The number of carbonyl (C=O) groups is 1. The Hall–Kier alpha value is -0.560. The van der Waals surface area contributed by atoms with E-state index in [9.17, 15) is 4.79 Å². The van der Waals surface area contributed by atoms with Crippen molar-refractivity contribution in [2.24, 2.45) is 0 Å². The Morgan fingerprint density at radius 2 is 2.25 bits per heavy atom. The third-order valence-electron chi connectivity index (χ3n) is 1.05. The second kappa shape index (κ2) is 5.15. The van der Waals surface area contributed by atoms with Gasteiger partial charge in [-0.2, -0.15) is 0 Å². The lowest BCUT2D eigenvalue weighted by Crippen LogP contribution is -2.34. The molecule has 0 aliphatic rings. The number of amides is 1. The molecule has 1 amide bonds. The van der Waals surface area contributed by atoms with Gasteiger partial charge in [0, 0.05) is 12.0 Å². The molecule has 4 N–H and O–H groups in total. The number of likely N-dealkylation sites (N-methyl/N-ethyl adjacent to an activating group) is 1. The Labute approximate surface area is 73.3 Å². The molecule has 0 radical (unpaired) electrons. The van der Waals surface area contributed by atoms with Gasteiger partial charge in [-0.15, -0.1) is 10.8 Å². The smallest absolute Gasteiger partial charge is 0.235 e. The van der Waals surface area contributed by atoms with Gasteiger partial charge >= 0.3 is 0 Å². The summed E-state index contributed by atoms with van der Waals surface area (Å²) in [5.74, 6) is -0.278. The van der Waals surface area contributed by atoms with Gasteiger partial charge in [0.1, 0.15) is 0 Å². The number of hydrogen-bond donors (Lipinski definition) is 4. The molecule has 5 nitrogen and oxygen atoms in total. The van der Waals surface area contributed by atoms with E-state index in [0.29, 0.717) is 6.54 Å². The molecule has 0 aromatic rings. The molecule has 0 aromatic carbocycles. The zero-order chi connectivity index (χ0) is 9.61. The Morgan fingerprint density at radius 1 is 1.67 bits per heavy atom. The topological polar surface area (TPSA) is 81.6 Å². The summed E-state index contributed by atoms with van der Waals surface area (Å²) in [5, 5.41) is 3.48. The predicted octanol–water partition coefficient (Wildman–Crippen LogP) is 0.521. The second-order valence-electron chi connectivity index (χ2n) is 2.03. The van der Waals surface area contributed by atoms with Crippen LogP contribution in [0.15, 0.2) is 12.0 Å². The molecule has 72 valence electrons. The normalized spacial score (nSPS) is 12.2. The van der Waals surface area contributed by atoms with Crippen LogP contribution in [0, 0.1) is 0 Å². The molecule has 0 heterocycles. The minimum absolute atomic E-state index is 0.123. The molecule has 0 atom stereocenters. The molecule has 0 aliphatic heterocycles. The van der Waals surface area contributed by atoms with E-state index in [2.05, 4.69) is 16.6 Å². The van der Waals surface area contributed by atoms with Crippen molar-refractivity contribution in [1.82, 2.24) is 10.0 Å². The number of rotatable bonds is 5. The molecule has 0 saturated carbocycles. The monoisotopic (exact) mass is 194 g/mol. The second-order valence-corrected chi connectivity index (χ2v) is 3.84. The lowest BCUT2D eigenvalue weighted by molar-refractivity contribution is -0.119. The van der Waals surface area contributed by atoms with Crippen LogP contribution in [-0.2, 0) is 4.79 Å². The Balaban J connectivity index is 3.67. The van der Waals surface area contributed by atoms with Crippen LogP contribution in [0.3, 0.4) is 0 Å². The fourth-order valence-corrected chi connectivity index (χ4v) is 0.952. The van der Waals surface area contributed by atoms with Gasteiger partial charge in [-0.05, 0) is 6.92 Å². The number of hydrogen-bond acceptors (Lipinski definition) is 4. The van der Waals surface area contributed by atoms with Gasteiger partial charge in [0.25, 0.3) is 0 Å². The number of nitrogens with one attached hydrogen (secondary N) is 2. The van der Waals surface area contributed by atoms with Crippen LogP contribution in [-0.4, -0.2) is 28.1 Å². The molecule has 12 heavy (non-hydrogen) atoms. The van der Waals surface area contributed by atoms with Crippen LogP contribution in [0.1, 0.15) is 6.92 Å². The molecular weight excluding hydrogens is 180 g/mol. The largest absolute Gasteiger partial charge is 0.355 e. The van der Waals surface area contributed by atoms with Gasteiger partial charge in [-0.1, -0.05) is 6.58 Å². The Morgan fingerprint density at radius 3 is 2.67 bits per heavy atom. The molecule has 6 heteroatoms. The molecule has 0 unspecified atom stereocenters. The summed E-state index contributed by atoms with van der Waals surface area (Å²) in [6.45, 7) is 5.38. The fourth-order valence-electron chi connectivity index (χ4n) is 0.490. The maximum Gasteiger partial charge on any atom is 0.235 e. The van der Waals surface area contributed by atoms with Crippen molar-refractivity contribution in [1.29, 1.82) is 0 Å². The van der Waals surface area contributed by atoms with Crippen LogP contribution in [0.2, 0.25) is 0 Å². The molecule has 0 fully saturated rings. The first-order valence-corrected chi connectivity index (χ1v) is 5.05. The minimum Gasteiger partial charge on any atom is -0.355 e. The lowest BCUT2D eigenvalue weighted by atomic mass is 10.6. The molecule has 0 spiro atoms. The average Bonchev–Trinajstić information content (AvgIpc) is 2.02. The molecule has 0 aromatic heterocycles. The van der Waals surface area contributed by atoms with Crippen molar-refractivity contribution in [3.8, 4) is 0 Å². The van der Waals surface area contributed by atoms with Crippen molar-refractivity contribution in [2.45, 2.75) is 6.92 Å². The van der Waals surface area contributed by atoms with Gasteiger partial charge in [0.05, 0.1) is 6.54 Å². The maximum atomic E-state index is 10.8. The van der Waals surface area contributed by atoms with Gasteiger partial charge in [0.15, 0.2) is 0 Å². The zero-order valence-electron chi connectivity index (χ0n) is 6.91. The predicted molar refractivity (Wildman–Crippen MR) is 49.7 cm³/mol. The number of carbonyl (C=O) groups excluding carboxylic acids is 1. The summed E-state index contributed by atoms with van der Waals surface area (Å²) in [6, 6.07) is 0. The zero-order valence-corrected chi connectivity index (χ0v) is 7.73. The van der Waals surface area contributed by atoms with Crippen LogP contribution >= 0.6 is 10.8 Å². The molecule has 0 rings (SSSR count). The van der Waals surface area contributed by atoms with Gasteiger partial charge < -0.3 is 5.32 Å². The van der Waals surface area contributed by atoms with Crippen molar-refractivity contribution in [3.05, 3.63) is 12.0 Å². The third kappa shape index (κ3) is 5.14. The minimum atomic E-state index is -2.98. The van der Waals surface area contributed by atoms with Crippen LogP contribution in [0.5, 0.6) is 0 Å². The SMILES string of the molecule is C=CS(O)(O)NCC(=O)NCC. The summed E-state index contributed by atoms with van der Waals surface area (Å²) in [5.41, 5.74) is 0. The summed E-state index contributed by atoms with van der Waals surface area (Å²) in [4.78, 5) is 10.8. The highest BCUT2D eigenvalue weighted by Gasteiger charge is 2.07. The highest BCUT2D eigenvalue weighted by Crippen LogP contribution is 2.33. The van der Waals surface area contributed by atoms with Gasteiger partial charge in [-0.25, -0.2) is 4.72 Å². The van der Waals surface area contributed by atoms with E-state index in [-0.39, 0.29) is 12.5 Å². The third-order valence-corrected chi connectivity index (χ3v) is 2.09. The first-order valence-electron chi connectivity index (χ1n) is 3.44. The molecule has 0 aliphatic carbocycles. The van der Waals surface area contributed by atoms with Crippen LogP contribution in [0.4, 0.5) is 0 Å². The summed E-state index contributed by atoms with van der Waals surface area (Å²) >= 11 is 0. The molecule has 0 bridgehead atoms. The lowest BCUT2D eigenvalue weighted by Gasteiger charge is -2.27. The van der Waals surface area contributed by atoms with E-state index in [1.54, 1.807) is 6.92 Å². The van der Waals surface area contributed by atoms with Crippen molar-refractivity contribution >= 4 is 16.7 Å². The van der Waals surface area contributed by atoms with Crippen molar-refractivity contribution < 1.29 is 13.9 Å². The first-order chi connectivity index (χ1) is 5.52. The van der Waals surface area contributed by atoms with Crippen LogP contribution in [0.25, 0.3) is 0 Å². The first kappa shape index (κ1) is 11.4. The van der Waals surface area contributed by atoms with Crippen molar-refractivity contribution in [2.75, 3.05) is 13.1 Å². The summed E-state index contributed by atoms with van der Waals surface area (Å²) < 4.78 is 20.2. The standard InChI is InChI=1S/C6H14N2O3S/c1-3-7-6(9)5-8-12(10,11)4-2/h4,8,10-11H,2-3,5H2,1H3,(H,7,9).